The third-order valence-electron chi connectivity index (χ3n) is 11.1. The summed E-state index contributed by atoms with van der Waals surface area (Å²) < 4.78 is 31.9. The minimum absolute atomic E-state index is 0.0988. The van der Waals surface area contributed by atoms with Crippen LogP contribution in [0.2, 0.25) is 5.02 Å². The smallest absolute Gasteiger partial charge is 0.293 e. The van der Waals surface area contributed by atoms with Gasteiger partial charge in [-0.1, -0.05) is 54.1 Å². The lowest BCUT2D eigenvalue weighted by molar-refractivity contribution is -0.384. The summed E-state index contributed by atoms with van der Waals surface area (Å²) in [6, 6.07) is 37.4. The first kappa shape index (κ1) is 43.4. The van der Waals surface area contributed by atoms with Crippen LogP contribution in [-0.4, -0.2) is 81.4 Å². The predicted molar refractivity (Wildman–Crippen MR) is 253 cm³/mol. The minimum atomic E-state index is -4.13. The lowest BCUT2D eigenvalue weighted by Crippen LogP contribution is -2.46. The summed E-state index contributed by atoms with van der Waals surface area (Å²) in [7, 11) is 1.86. The number of piperazine rings is 1. The first-order valence-corrected chi connectivity index (χ1v) is 22.9. The van der Waals surface area contributed by atoms with E-state index in [9.17, 15) is 18.5 Å². The third kappa shape index (κ3) is 10.3. The molecule has 0 amide bonds. The van der Waals surface area contributed by atoms with Crippen molar-refractivity contribution in [3.8, 4) is 22.4 Å². The van der Waals surface area contributed by atoms with Crippen molar-refractivity contribution in [3.63, 3.8) is 0 Å². The summed E-state index contributed by atoms with van der Waals surface area (Å²) in [4.78, 5) is 19.3. The van der Waals surface area contributed by atoms with Crippen LogP contribution in [0.1, 0.15) is 12.1 Å². The van der Waals surface area contributed by atoms with Gasteiger partial charge in [-0.3, -0.25) is 14.8 Å². The molecule has 1 aliphatic rings. The van der Waals surface area contributed by atoms with E-state index in [1.165, 1.54) is 12.1 Å². The number of nitrogen functional groups attached to an aromatic ring is 1. The quantitative estimate of drug-likeness (QED) is 0.0489. The molecule has 1 saturated heterocycles. The van der Waals surface area contributed by atoms with Crippen molar-refractivity contribution < 1.29 is 13.3 Å². The van der Waals surface area contributed by atoms with Crippen molar-refractivity contribution in [1.29, 1.82) is 0 Å². The fourth-order valence-electron chi connectivity index (χ4n) is 7.59. The second-order valence-electron chi connectivity index (χ2n) is 15.5. The van der Waals surface area contributed by atoms with Crippen LogP contribution in [0.4, 0.5) is 34.1 Å². The van der Waals surface area contributed by atoms with Gasteiger partial charge in [0.15, 0.2) is 0 Å². The molecule has 4 N–H and O–H groups in total. The Bertz CT molecular complexity index is 2580. The van der Waals surface area contributed by atoms with Crippen LogP contribution in [0.3, 0.4) is 0 Å². The summed E-state index contributed by atoms with van der Waals surface area (Å²) >= 11 is 7.87. The third-order valence-corrected chi connectivity index (χ3v) is 13.9. The SMILES string of the molecule is Cc1c(N)c(-c2cccc(N3CCN(c4ccc(NS(=O)(=O)c5ccc(N[C@H](CCN(C)C)CSc6ccccc6)c([N+](=O)[O-])c5)cc4)CC3)c2)c(-c2ccc(Cl)cc2)n1C. The molecule has 0 spiro atoms. The Morgan fingerprint density at radius 3 is 2.18 bits per heavy atom. The second kappa shape index (κ2) is 18.9. The van der Waals surface area contributed by atoms with Crippen molar-refractivity contribution in [2.75, 3.05) is 78.1 Å². The van der Waals surface area contributed by atoms with Crippen LogP contribution in [0.5, 0.6) is 0 Å². The minimum Gasteiger partial charge on any atom is -0.397 e. The summed E-state index contributed by atoms with van der Waals surface area (Å²) in [6.07, 6.45) is 0.739. The van der Waals surface area contributed by atoms with Crippen molar-refractivity contribution in [1.82, 2.24) is 9.47 Å². The molecule has 318 valence electrons. The van der Waals surface area contributed by atoms with Crippen molar-refractivity contribution in [2.45, 2.75) is 29.2 Å². The van der Waals surface area contributed by atoms with Gasteiger partial charge in [-0.2, -0.15) is 0 Å². The Balaban J connectivity index is 0.995. The molecule has 1 aromatic heterocycles. The van der Waals surface area contributed by atoms with E-state index in [-0.39, 0.29) is 22.3 Å². The highest BCUT2D eigenvalue weighted by molar-refractivity contribution is 7.99. The summed E-state index contributed by atoms with van der Waals surface area (Å²) in [5.74, 6) is 0.674. The maximum Gasteiger partial charge on any atom is 0.293 e. The fourth-order valence-corrected chi connectivity index (χ4v) is 9.79. The number of halogens is 1. The van der Waals surface area contributed by atoms with E-state index in [1.807, 2.05) is 94.8 Å². The molecule has 12 nitrogen and oxygen atoms in total. The number of thioether (sulfide) groups is 1. The van der Waals surface area contributed by atoms with E-state index in [0.29, 0.717) is 16.5 Å². The topological polar surface area (TPSA) is 142 Å². The Morgan fingerprint density at radius 1 is 0.852 bits per heavy atom. The summed E-state index contributed by atoms with van der Waals surface area (Å²) in [5, 5.41) is 16.3. The normalized spacial score (nSPS) is 13.7. The van der Waals surface area contributed by atoms with Crippen LogP contribution < -0.4 is 25.6 Å². The zero-order chi connectivity index (χ0) is 43.3. The van der Waals surface area contributed by atoms with Gasteiger partial charge < -0.3 is 30.3 Å². The predicted octanol–water partition coefficient (Wildman–Crippen LogP) is 9.46. The molecular weight excluding hydrogens is 828 g/mol. The molecule has 0 bridgehead atoms. The van der Waals surface area contributed by atoms with E-state index in [0.717, 1.165) is 95.2 Å². The number of nitrogens with two attached hydrogens (primary N) is 1. The zero-order valence-electron chi connectivity index (χ0n) is 34.7. The molecule has 15 heteroatoms. The number of nitrogens with one attached hydrogen (secondary N) is 2. The van der Waals surface area contributed by atoms with Gasteiger partial charge in [0.2, 0.25) is 0 Å². The van der Waals surface area contributed by atoms with Crippen LogP contribution in [0.25, 0.3) is 22.4 Å². The van der Waals surface area contributed by atoms with Gasteiger partial charge in [-0.05, 0) is 118 Å². The average Bonchev–Trinajstić information content (AvgIpc) is 3.49. The van der Waals surface area contributed by atoms with Crippen LogP contribution >= 0.6 is 23.4 Å². The van der Waals surface area contributed by atoms with Crippen LogP contribution in [0.15, 0.2) is 131 Å². The molecule has 7 rings (SSSR count). The fraction of sp³-hybridized carbons (Fsp3) is 0.261. The molecule has 0 radical (unpaired) electrons. The first-order chi connectivity index (χ1) is 29.3. The lowest BCUT2D eigenvalue weighted by Gasteiger charge is -2.37. The second-order valence-corrected chi connectivity index (χ2v) is 18.7. The molecule has 1 atom stereocenters. The number of sulfonamides is 1. The highest BCUT2D eigenvalue weighted by Crippen LogP contribution is 2.42. The molecule has 6 aromatic rings. The molecule has 0 unspecified atom stereocenters. The number of nitrogens with zero attached hydrogens (tertiary/aromatic N) is 5. The molecule has 0 saturated carbocycles. The average molecular weight is 880 g/mol. The molecule has 1 fully saturated rings. The van der Waals surface area contributed by atoms with Crippen LogP contribution in [-0.2, 0) is 17.1 Å². The maximum absolute atomic E-state index is 13.6. The van der Waals surface area contributed by atoms with Gasteiger partial charge in [0.1, 0.15) is 5.69 Å². The highest BCUT2D eigenvalue weighted by atomic mass is 35.5. The molecule has 5 aromatic carbocycles. The number of rotatable bonds is 16. The number of nitro benzene ring substituents is 1. The monoisotopic (exact) mass is 878 g/mol. The molecule has 2 heterocycles. The van der Waals surface area contributed by atoms with Gasteiger partial charge in [0.25, 0.3) is 15.7 Å². The number of anilines is 5. The molecule has 61 heavy (non-hydrogen) atoms. The van der Waals surface area contributed by atoms with E-state index in [4.69, 9.17) is 17.3 Å². The standard InChI is InChI=1S/C46H51ClN8O4S2/c1-32-45(48)44(46(52(32)4)33-13-15-35(47)16-14-33)34-9-8-10-39(29-34)54-27-25-53(26-28-54)38-19-17-36(18-20-38)50-61(58,59)41-21-22-42(43(30-41)55(56)57)49-37(23-24-51(2)3)31-60-40-11-6-5-7-12-40/h5-22,29-30,37,49-50H,23-28,31,48H2,1-4H3/t37-/m1/s1. The zero-order valence-corrected chi connectivity index (χ0v) is 37.1. The van der Waals surface area contributed by atoms with E-state index >= 15 is 0 Å². The maximum atomic E-state index is 13.6. The lowest BCUT2D eigenvalue weighted by atomic mass is 9.99. The van der Waals surface area contributed by atoms with Gasteiger partial charge in [-0.25, -0.2) is 8.42 Å². The number of hydrogen-bond acceptors (Lipinski definition) is 10. The Labute approximate surface area is 367 Å². The van der Waals surface area contributed by atoms with Gasteiger partial charge in [-0.15, -0.1) is 11.8 Å². The number of benzene rings is 5. The van der Waals surface area contributed by atoms with Gasteiger partial charge >= 0.3 is 0 Å². The van der Waals surface area contributed by atoms with Crippen molar-refractivity contribution >= 4 is 67.5 Å². The van der Waals surface area contributed by atoms with Crippen molar-refractivity contribution in [3.05, 3.63) is 142 Å². The van der Waals surface area contributed by atoms with E-state index < -0.39 is 14.9 Å². The molecule has 1 aliphatic heterocycles. The molecule has 0 aliphatic carbocycles. The van der Waals surface area contributed by atoms with Crippen molar-refractivity contribution in [2.24, 2.45) is 7.05 Å². The summed E-state index contributed by atoms with van der Waals surface area (Å²) in [6.45, 7) is 5.92. The van der Waals surface area contributed by atoms with Gasteiger partial charge in [0, 0.05) is 89.3 Å². The highest BCUT2D eigenvalue weighted by Gasteiger charge is 2.25. The number of aromatic nitrogens is 1. The van der Waals surface area contributed by atoms with E-state index in [2.05, 4.69) is 53.6 Å². The Morgan fingerprint density at radius 2 is 1.52 bits per heavy atom. The number of nitro groups is 1. The first-order valence-electron chi connectivity index (χ1n) is 20.1. The Kier molecular flexibility index (Phi) is 13.5. The Hall–Kier alpha value is -5.67. The van der Waals surface area contributed by atoms with E-state index in [1.54, 1.807) is 23.9 Å². The molecular formula is C46H51ClN8O4S2. The van der Waals surface area contributed by atoms with Crippen LogP contribution in [0, 0.1) is 17.0 Å². The number of hydrogen-bond donors (Lipinski definition) is 3. The van der Waals surface area contributed by atoms with Gasteiger partial charge in [0.05, 0.1) is 21.2 Å². The summed E-state index contributed by atoms with van der Waals surface area (Å²) in [5.41, 5.74) is 15.0. The largest absolute Gasteiger partial charge is 0.397 e.